The zero-order valence-electron chi connectivity index (χ0n) is 11.2. The van der Waals surface area contributed by atoms with E-state index in [9.17, 15) is 0 Å². The molecule has 3 rings (SSSR count). The van der Waals surface area contributed by atoms with Crippen LogP contribution in [0.1, 0.15) is 38.0 Å². The Labute approximate surface area is 126 Å². The van der Waals surface area contributed by atoms with E-state index < -0.39 is 0 Å². The summed E-state index contributed by atoms with van der Waals surface area (Å²) in [7, 11) is 0. The molecule has 106 valence electrons. The average molecular weight is 337 g/mol. The molecule has 2 aromatic rings. The van der Waals surface area contributed by atoms with Gasteiger partial charge in [-0.1, -0.05) is 24.4 Å². The number of halogens is 1. The van der Waals surface area contributed by atoms with Gasteiger partial charge in [-0.25, -0.2) is 0 Å². The maximum Gasteiger partial charge on any atom is 0.234 e. The van der Waals surface area contributed by atoms with E-state index in [0.717, 1.165) is 22.9 Å². The second-order valence-corrected chi connectivity index (χ2v) is 6.28. The van der Waals surface area contributed by atoms with Gasteiger partial charge in [-0.05, 0) is 34.8 Å². The van der Waals surface area contributed by atoms with Crippen LogP contribution in [0, 0.1) is 0 Å². The zero-order valence-corrected chi connectivity index (χ0v) is 12.8. The van der Waals surface area contributed by atoms with Crippen molar-refractivity contribution >= 4 is 15.9 Å². The van der Waals surface area contributed by atoms with Crippen LogP contribution in [0.5, 0.6) is 0 Å². The van der Waals surface area contributed by atoms with Gasteiger partial charge in [0.1, 0.15) is 0 Å². The summed E-state index contributed by atoms with van der Waals surface area (Å²) in [6.45, 7) is 0.561. The minimum absolute atomic E-state index is 0.136. The molecule has 0 spiro atoms. The quantitative estimate of drug-likeness (QED) is 0.931. The highest BCUT2D eigenvalue weighted by Gasteiger charge is 2.38. The third kappa shape index (κ3) is 2.50. The topological polar surface area (TPSA) is 77.8 Å². The van der Waals surface area contributed by atoms with Crippen LogP contribution in [-0.4, -0.2) is 21.7 Å². The summed E-state index contributed by atoms with van der Waals surface area (Å²) in [5, 5.41) is 4.09. The van der Waals surface area contributed by atoms with Crippen LogP contribution >= 0.6 is 15.9 Å². The molecule has 2 aromatic heterocycles. The highest BCUT2D eigenvalue weighted by atomic mass is 79.9. The summed E-state index contributed by atoms with van der Waals surface area (Å²) in [5.41, 5.74) is 6.70. The first kappa shape index (κ1) is 13.7. The SMILES string of the molecule is NCC1(c2nc(-c3cncc(Br)c3)no2)CCCCC1. The molecule has 5 nitrogen and oxygen atoms in total. The molecule has 1 aliphatic rings. The van der Waals surface area contributed by atoms with Crippen molar-refractivity contribution in [1.82, 2.24) is 15.1 Å². The molecule has 1 saturated carbocycles. The highest BCUT2D eigenvalue weighted by Crippen LogP contribution is 2.38. The number of hydrogen-bond acceptors (Lipinski definition) is 5. The third-order valence-corrected chi connectivity index (χ3v) is 4.48. The van der Waals surface area contributed by atoms with E-state index in [-0.39, 0.29) is 5.41 Å². The first-order chi connectivity index (χ1) is 9.73. The van der Waals surface area contributed by atoms with Crippen molar-refractivity contribution in [1.29, 1.82) is 0 Å². The Morgan fingerprint density at radius 3 is 2.75 bits per heavy atom. The predicted octanol–water partition coefficient (Wildman–Crippen LogP) is 3.05. The molecule has 6 heteroatoms. The number of nitrogens with two attached hydrogens (primary N) is 1. The fraction of sp³-hybridized carbons (Fsp3) is 0.500. The van der Waals surface area contributed by atoms with Crippen LogP contribution in [0.3, 0.4) is 0 Å². The van der Waals surface area contributed by atoms with Crippen molar-refractivity contribution in [3.05, 3.63) is 28.8 Å². The molecular formula is C14H17BrN4O. The molecule has 1 aliphatic carbocycles. The molecular weight excluding hydrogens is 320 g/mol. The van der Waals surface area contributed by atoms with Gasteiger partial charge in [0, 0.05) is 29.0 Å². The van der Waals surface area contributed by atoms with Gasteiger partial charge in [-0.15, -0.1) is 0 Å². The Balaban J connectivity index is 1.93. The molecule has 0 aliphatic heterocycles. The highest BCUT2D eigenvalue weighted by molar-refractivity contribution is 9.10. The number of nitrogens with zero attached hydrogens (tertiary/aromatic N) is 3. The summed E-state index contributed by atoms with van der Waals surface area (Å²) in [5.74, 6) is 1.25. The van der Waals surface area contributed by atoms with Crippen molar-refractivity contribution < 1.29 is 4.52 Å². The van der Waals surface area contributed by atoms with Crippen LogP contribution in [-0.2, 0) is 5.41 Å². The Bertz CT molecular complexity index is 592. The molecule has 0 bridgehead atoms. The van der Waals surface area contributed by atoms with Crippen LogP contribution in [0.25, 0.3) is 11.4 Å². The summed E-state index contributed by atoms with van der Waals surface area (Å²) < 4.78 is 6.40. The molecule has 0 aromatic carbocycles. The number of pyridine rings is 1. The van der Waals surface area contributed by atoms with E-state index in [0.29, 0.717) is 18.3 Å². The molecule has 20 heavy (non-hydrogen) atoms. The van der Waals surface area contributed by atoms with Gasteiger partial charge in [-0.3, -0.25) is 4.98 Å². The Morgan fingerprint density at radius 1 is 1.25 bits per heavy atom. The van der Waals surface area contributed by atoms with Crippen molar-refractivity contribution in [3.8, 4) is 11.4 Å². The van der Waals surface area contributed by atoms with Gasteiger partial charge in [0.05, 0.1) is 5.41 Å². The summed E-state index contributed by atoms with van der Waals surface area (Å²) in [6.07, 6.45) is 9.13. The van der Waals surface area contributed by atoms with Crippen LogP contribution < -0.4 is 5.73 Å². The largest absolute Gasteiger partial charge is 0.338 e. The van der Waals surface area contributed by atoms with E-state index >= 15 is 0 Å². The summed E-state index contributed by atoms with van der Waals surface area (Å²) in [6, 6.07) is 1.93. The van der Waals surface area contributed by atoms with Crippen LogP contribution in [0.15, 0.2) is 27.5 Å². The summed E-state index contributed by atoms with van der Waals surface area (Å²) in [4.78, 5) is 8.70. The van der Waals surface area contributed by atoms with Gasteiger partial charge in [0.25, 0.3) is 0 Å². The summed E-state index contributed by atoms with van der Waals surface area (Å²) >= 11 is 3.40. The van der Waals surface area contributed by atoms with E-state index in [1.807, 2.05) is 6.07 Å². The zero-order chi connectivity index (χ0) is 14.0. The van der Waals surface area contributed by atoms with Gasteiger partial charge < -0.3 is 10.3 Å². The molecule has 0 saturated heterocycles. The minimum atomic E-state index is -0.136. The van der Waals surface area contributed by atoms with Gasteiger partial charge in [0.2, 0.25) is 11.7 Å². The minimum Gasteiger partial charge on any atom is -0.338 e. The lowest BCUT2D eigenvalue weighted by atomic mass is 9.74. The Morgan fingerprint density at radius 2 is 2.05 bits per heavy atom. The molecule has 0 amide bonds. The fourth-order valence-corrected chi connectivity index (χ4v) is 3.19. The fourth-order valence-electron chi connectivity index (χ4n) is 2.82. The normalized spacial score (nSPS) is 18.1. The van der Waals surface area contributed by atoms with Gasteiger partial charge in [-0.2, -0.15) is 4.98 Å². The maximum absolute atomic E-state index is 5.99. The van der Waals surface area contributed by atoms with E-state index in [2.05, 4.69) is 31.1 Å². The molecule has 0 atom stereocenters. The van der Waals surface area contributed by atoms with E-state index in [4.69, 9.17) is 10.3 Å². The smallest absolute Gasteiger partial charge is 0.234 e. The predicted molar refractivity (Wildman–Crippen MR) is 79.0 cm³/mol. The number of rotatable bonds is 3. The van der Waals surface area contributed by atoms with Gasteiger partial charge in [0.15, 0.2) is 0 Å². The van der Waals surface area contributed by atoms with E-state index in [1.54, 1.807) is 12.4 Å². The number of aromatic nitrogens is 3. The van der Waals surface area contributed by atoms with Crippen molar-refractivity contribution in [3.63, 3.8) is 0 Å². The molecule has 0 unspecified atom stereocenters. The first-order valence-electron chi connectivity index (χ1n) is 6.89. The third-order valence-electron chi connectivity index (χ3n) is 4.04. The van der Waals surface area contributed by atoms with Crippen molar-refractivity contribution in [2.24, 2.45) is 5.73 Å². The van der Waals surface area contributed by atoms with Crippen LogP contribution in [0.2, 0.25) is 0 Å². The van der Waals surface area contributed by atoms with E-state index in [1.165, 1.54) is 19.3 Å². The molecule has 1 fully saturated rings. The van der Waals surface area contributed by atoms with Crippen molar-refractivity contribution in [2.75, 3.05) is 6.54 Å². The lowest BCUT2D eigenvalue weighted by Gasteiger charge is -2.32. The van der Waals surface area contributed by atoms with Crippen molar-refractivity contribution in [2.45, 2.75) is 37.5 Å². The second-order valence-electron chi connectivity index (χ2n) is 5.36. The maximum atomic E-state index is 5.99. The monoisotopic (exact) mass is 336 g/mol. The molecule has 2 N–H and O–H groups in total. The average Bonchev–Trinajstić information content (AvgIpc) is 2.98. The standard InChI is InChI=1S/C14H17BrN4O/c15-11-6-10(7-17-8-11)12-18-13(20-19-12)14(9-16)4-2-1-3-5-14/h6-8H,1-5,9,16H2. The van der Waals surface area contributed by atoms with Crippen LogP contribution in [0.4, 0.5) is 0 Å². The Hall–Kier alpha value is -1.27. The second kappa shape index (κ2) is 5.61. The first-order valence-corrected chi connectivity index (χ1v) is 7.68. The van der Waals surface area contributed by atoms with Gasteiger partial charge >= 0.3 is 0 Å². The number of hydrogen-bond donors (Lipinski definition) is 1. The lowest BCUT2D eigenvalue weighted by Crippen LogP contribution is -2.37. The molecule has 0 radical (unpaired) electrons. The molecule has 2 heterocycles. The lowest BCUT2D eigenvalue weighted by molar-refractivity contribution is 0.220. The Kier molecular flexibility index (Phi) is 3.85.